The zero-order valence-corrected chi connectivity index (χ0v) is 17.2. The second-order valence-corrected chi connectivity index (χ2v) is 8.59. The number of fused-ring (bicyclic) bond motifs is 2. The second kappa shape index (κ2) is 7.49. The predicted molar refractivity (Wildman–Crippen MR) is 117 cm³/mol. The molecule has 1 spiro atoms. The van der Waals surface area contributed by atoms with Crippen molar-refractivity contribution in [2.45, 2.75) is 56.8 Å². The van der Waals surface area contributed by atoms with Gasteiger partial charge in [0, 0.05) is 17.5 Å². The van der Waals surface area contributed by atoms with Crippen LogP contribution in [-0.2, 0) is 5.66 Å². The number of aromatic nitrogens is 3. The lowest BCUT2D eigenvalue weighted by Crippen LogP contribution is -2.48. The molecule has 31 heavy (non-hydrogen) atoms. The van der Waals surface area contributed by atoms with Gasteiger partial charge in [0.1, 0.15) is 41.2 Å². The van der Waals surface area contributed by atoms with E-state index in [9.17, 15) is 14.7 Å². The van der Waals surface area contributed by atoms with Crippen LogP contribution in [0.25, 0.3) is 6.08 Å². The number of anilines is 3. The van der Waals surface area contributed by atoms with Crippen LogP contribution >= 0.6 is 0 Å². The van der Waals surface area contributed by atoms with Crippen LogP contribution in [0.15, 0.2) is 29.8 Å². The third kappa shape index (κ3) is 3.48. The molecule has 5 rings (SSSR count). The molecule has 2 aliphatic carbocycles. The predicted octanol–water partition coefficient (Wildman–Crippen LogP) is 2.53. The number of carbonyl (C=O) groups is 1. The average molecular weight is 422 g/mol. The van der Waals surface area contributed by atoms with E-state index in [1.165, 1.54) is 6.33 Å². The number of nitrogens with one attached hydrogen (secondary N) is 3. The highest BCUT2D eigenvalue weighted by atomic mass is 16.3. The van der Waals surface area contributed by atoms with Crippen molar-refractivity contribution < 1.29 is 9.90 Å². The smallest absolute Gasteiger partial charge is 0.276 e. The van der Waals surface area contributed by atoms with Gasteiger partial charge in [-0.05, 0) is 44.6 Å². The van der Waals surface area contributed by atoms with Crippen LogP contribution in [0.1, 0.15) is 61.0 Å². The highest BCUT2D eigenvalue weighted by molar-refractivity contribution is 5.99. The Labute approximate surface area is 179 Å². The van der Waals surface area contributed by atoms with Gasteiger partial charge in [0.15, 0.2) is 0 Å². The van der Waals surface area contributed by atoms with Crippen molar-refractivity contribution in [3.8, 4) is 0 Å². The summed E-state index contributed by atoms with van der Waals surface area (Å²) in [4.78, 5) is 34.6. The standard InChI is InChI=1S/C22H26N6O3/c1-2-13-10-15(25-16-11-17(24-12-23-16)26-19(29)14-6-7-14)21(31)28-18(13)20(30)27-22(28)8-4-3-5-9-22/h2,10-12,14,19,29H,1,3-9H2,(H,27,30)(H2,23,24,25,26). The summed E-state index contributed by atoms with van der Waals surface area (Å²) in [5, 5.41) is 19.2. The van der Waals surface area contributed by atoms with Gasteiger partial charge < -0.3 is 21.1 Å². The minimum Gasteiger partial charge on any atom is -0.373 e. The summed E-state index contributed by atoms with van der Waals surface area (Å²) in [6, 6.07) is 3.28. The minimum absolute atomic E-state index is 0.233. The maximum absolute atomic E-state index is 13.5. The first-order valence-corrected chi connectivity index (χ1v) is 10.8. The molecule has 3 heterocycles. The fraction of sp³-hybridized carbons (Fsp3) is 0.455. The van der Waals surface area contributed by atoms with Gasteiger partial charge in [-0.1, -0.05) is 19.1 Å². The van der Waals surface area contributed by atoms with Crippen molar-refractivity contribution in [2.75, 3.05) is 10.6 Å². The summed E-state index contributed by atoms with van der Waals surface area (Å²) in [5.74, 6) is 0.911. The maximum atomic E-state index is 13.5. The molecule has 3 aliphatic rings. The molecule has 2 aromatic rings. The van der Waals surface area contributed by atoms with Crippen LogP contribution in [0.2, 0.25) is 0 Å². The molecule has 0 saturated heterocycles. The number of rotatable bonds is 6. The van der Waals surface area contributed by atoms with Crippen LogP contribution in [0, 0.1) is 5.92 Å². The molecule has 1 aliphatic heterocycles. The van der Waals surface area contributed by atoms with Gasteiger partial charge >= 0.3 is 0 Å². The highest BCUT2D eigenvalue weighted by Gasteiger charge is 2.45. The van der Waals surface area contributed by atoms with E-state index in [0.717, 1.165) is 44.9 Å². The lowest BCUT2D eigenvalue weighted by molar-refractivity contribution is 0.0877. The molecule has 4 N–H and O–H groups in total. The Morgan fingerprint density at radius 3 is 2.65 bits per heavy atom. The van der Waals surface area contributed by atoms with Crippen molar-refractivity contribution >= 4 is 29.3 Å². The maximum Gasteiger partial charge on any atom is 0.276 e. The third-order valence-electron chi connectivity index (χ3n) is 6.41. The number of nitrogens with zero attached hydrogens (tertiary/aromatic N) is 3. The molecular weight excluding hydrogens is 396 g/mol. The van der Waals surface area contributed by atoms with Gasteiger partial charge in [-0.2, -0.15) is 0 Å². The molecule has 1 atom stereocenters. The van der Waals surface area contributed by atoms with Crippen LogP contribution in [0.5, 0.6) is 0 Å². The monoisotopic (exact) mass is 422 g/mol. The van der Waals surface area contributed by atoms with Crippen LogP contribution in [0.4, 0.5) is 17.3 Å². The fourth-order valence-corrected chi connectivity index (χ4v) is 4.66. The average Bonchev–Trinajstić information content (AvgIpc) is 3.57. The SMILES string of the molecule is C=Cc1cc(Nc2cc(NC(O)C3CC3)ncn2)c(=O)n2c1C(=O)NC21CCCCC1. The molecule has 9 heteroatoms. The highest BCUT2D eigenvalue weighted by Crippen LogP contribution is 2.38. The van der Waals surface area contributed by atoms with Gasteiger partial charge in [0.2, 0.25) is 0 Å². The van der Waals surface area contributed by atoms with Crippen molar-refractivity contribution in [2.24, 2.45) is 5.92 Å². The van der Waals surface area contributed by atoms with E-state index in [4.69, 9.17) is 0 Å². The molecule has 0 bridgehead atoms. The molecule has 0 aromatic carbocycles. The van der Waals surface area contributed by atoms with E-state index in [1.54, 1.807) is 22.8 Å². The number of aliphatic hydroxyl groups is 1. The Kier molecular flexibility index (Phi) is 4.77. The largest absolute Gasteiger partial charge is 0.373 e. The molecule has 1 unspecified atom stereocenters. The Morgan fingerprint density at radius 2 is 1.94 bits per heavy atom. The number of hydrogen-bond acceptors (Lipinski definition) is 7. The van der Waals surface area contributed by atoms with Gasteiger partial charge in [-0.25, -0.2) is 9.97 Å². The van der Waals surface area contributed by atoms with Crippen LogP contribution < -0.4 is 21.5 Å². The first-order valence-electron chi connectivity index (χ1n) is 10.8. The first-order chi connectivity index (χ1) is 15.0. The van der Waals surface area contributed by atoms with Crippen LogP contribution in [-0.4, -0.2) is 31.8 Å². The summed E-state index contributed by atoms with van der Waals surface area (Å²) < 4.78 is 1.62. The normalized spacial score (nSPS) is 20.1. The van der Waals surface area contributed by atoms with E-state index in [-0.39, 0.29) is 17.4 Å². The van der Waals surface area contributed by atoms with E-state index >= 15 is 0 Å². The second-order valence-electron chi connectivity index (χ2n) is 8.59. The van der Waals surface area contributed by atoms with E-state index in [0.29, 0.717) is 28.6 Å². The summed E-state index contributed by atoms with van der Waals surface area (Å²) in [6.07, 6.45) is 8.77. The lowest BCUT2D eigenvalue weighted by Gasteiger charge is -2.35. The van der Waals surface area contributed by atoms with Crippen molar-refractivity contribution in [3.05, 3.63) is 46.7 Å². The Balaban J connectivity index is 1.51. The van der Waals surface area contributed by atoms with E-state index in [2.05, 4.69) is 32.5 Å². The van der Waals surface area contributed by atoms with Crippen molar-refractivity contribution in [1.29, 1.82) is 0 Å². The molecule has 162 valence electrons. The zero-order valence-electron chi connectivity index (χ0n) is 17.2. The first kappa shape index (κ1) is 19.7. The van der Waals surface area contributed by atoms with E-state index in [1.807, 2.05) is 0 Å². The van der Waals surface area contributed by atoms with Gasteiger partial charge in [0.05, 0.1) is 0 Å². The Hall–Kier alpha value is -3.20. The topological polar surface area (TPSA) is 121 Å². The summed E-state index contributed by atoms with van der Waals surface area (Å²) in [7, 11) is 0. The van der Waals surface area contributed by atoms with Crippen molar-refractivity contribution in [1.82, 2.24) is 19.9 Å². The fourth-order valence-electron chi connectivity index (χ4n) is 4.66. The number of amides is 1. The number of hydrogen-bond donors (Lipinski definition) is 4. The lowest BCUT2D eigenvalue weighted by atomic mass is 9.89. The summed E-state index contributed by atoms with van der Waals surface area (Å²) >= 11 is 0. The Morgan fingerprint density at radius 1 is 1.19 bits per heavy atom. The quantitative estimate of drug-likeness (QED) is 0.528. The zero-order chi connectivity index (χ0) is 21.6. The van der Waals surface area contributed by atoms with Gasteiger partial charge in [-0.15, -0.1) is 0 Å². The number of pyridine rings is 1. The summed E-state index contributed by atoms with van der Waals surface area (Å²) in [5.41, 5.74) is 0.326. The molecule has 2 fully saturated rings. The van der Waals surface area contributed by atoms with Gasteiger partial charge in [0.25, 0.3) is 11.5 Å². The molecule has 1 amide bonds. The van der Waals surface area contributed by atoms with Crippen LogP contribution in [0.3, 0.4) is 0 Å². The Bertz CT molecular complexity index is 1100. The molecule has 9 nitrogen and oxygen atoms in total. The molecular formula is C22H26N6O3. The minimum atomic E-state index is -0.677. The number of aliphatic hydroxyl groups excluding tert-OH is 1. The number of carbonyl (C=O) groups excluding carboxylic acids is 1. The molecule has 0 radical (unpaired) electrons. The van der Waals surface area contributed by atoms with E-state index < -0.39 is 11.9 Å². The summed E-state index contributed by atoms with van der Waals surface area (Å²) in [6.45, 7) is 3.84. The van der Waals surface area contributed by atoms with Crippen molar-refractivity contribution in [3.63, 3.8) is 0 Å². The van der Waals surface area contributed by atoms with Gasteiger partial charge in [-0.3, -0.25) is 14.2 Å². The molecule has 2 saturated carbocycles. The molecule has 2 aromatic heterocycles. The third-order valence-corrected chi connectivity index (χ3v) is 6.41.